The van der Waals surface area contributed by atoms with Crippen molar-refractivity contribution in [2.75, 3.05) is 11.9 Å². The number of pyridine rings is 1. The topological polar surface area (TPSA) is 34.1 Å². The van der Waals surface area contributed by atoms with Crippen LogP contribution in [0.1, 0.15) is 25.8 Å². The molecule has 0 spiro atoms. The monoisotopic (exact) mass is 256 g/mol. The molecule has 100 valence electrons. The summed E-state index contributed by atoms with van der Waals surface area (Å²) in [5.41, 5.74) is 1.35. The van der Waals surface area contributed by atoms with E-state index in [1.54, 1.807) is 6.20 Å². The van der Waals surface area contributed by atoms with Crippen LogP contribution in [0.4, 0.5) is 5.82 Å². The van der Waals surface area contributed by atoms with E-state index in [0.29, 0.717) is 0 Å². The zero-order valence-corrected chi connectivity index (χ0v) is 11.5. The van der Waals surface area contributed by atoms with Gasteiger partial charge in [0.15, 0.2) is 0 Å². The Morgan fingerprint density at radius 2 is 1.84 bits per heavy atom. The zero-order valence-electron chi connectivity index (χ0n) is 11.5. The molecule has 3 heteroatoms. The summed E-state index contributed by atoms with van der Waals surface area (Å²) >= 11 is 0. The van der Waals surface area contributed by atoms with Crippen LogP contribution >= 0.6 is 0 Å². The lowest BCUT2D eigenvalue weighted by Crippen LogP contribution is -1.98. The average Bonchev–Trinajstić information content (AvgIpc) is 2.42. The predicted molar refractivity (Wildman–Crippen MR) is 78.9 cm³/mol. The van der Waals surface area contributed by atoms with Gasteiger partial charge in [-0.25, -0.2) is 4.98 Å². The van der Waals surface area contributed by atoms with Crippen LogP contribution in [0.5, 0.6) is 11.5 Å². The normalized spacial score (nSPS) is 10.2. The largest absolute Gasteiger partial charge is 0.457 e. The minimum atomic E-state index is 0.800. The molecule has 1 aromatic carbocycles. The molecule has 0 unspecified atom stereocenters. The van der Waals surface area contributed by atoms with Crippen molar-refractivity contribution in [1.82, 2.24) is 4.98 Å². The van der Waals surface area contributed by atoms with Crippen LogP contribution < -0.4 is 10.1 Å². The number of nitrogens with one attached hydrogen (secondary N) is 1. The van der Waals surface area contributed by atoms with Crippen molar-refractivity contribution in [3.05, 3.63) is 48.2 Å². The summed E-state index contributed by atoms with van der Waals surface area (Å²) in [7, 11) is 0. The maximum absolute atomic E-state index is 5.82. The number of aromatic nitrogens is 1. The third kappa shape index (κ3) is 3.98. The van der Waals surface area contributed by atoms with Crippen molar-refractivity contribution in [3.8, 4) is 11.5 Å². The van der Waals surface area contributed by atoms with Crippen LogP contribution in [0.15, 0.2) is 42.6 Å². The van der Waals surface area contributed by atoms with Crippen molar-refractivity contribution in [2.24, 2.45) is 0 Å². The van der Waals surface area contributed by atoms with Gasteiger partial charge in [-0.3, -0.25) is 0 Å². The Labute approximate surface area is 114 Å². The predicted octanol–water partition coefficient (Wildman–Crippen LogP) is 4.26. The first-order valence-electron chi connectivity index (χ1n) is 6.78. The smallest absolute Gasteiger partial charge is 0.132 e. The number of hydrogen-bond acceptors (Lipinski definition) is 3. The number of rotatable bonds is 6. The van der Waals surface area contributed by atoms with E-state index in [1.807, 2.05) is 31.2 Å². The number of nitrogens with zero attached hydrogens (tertiary/aromatic N) is 1. The summed E-state index contributed by atoms with van der Waals surface area (Å²) in [4.78, 5) is 4.22. The van der Waals surface area contributed by atoms with Crippen molar-refractivity contribution in [1.29, 1.82) is 0 Å². The Morgan fingerprint density at radius 3 is 2.53 bits per heavy atom. The van der Waals surface area contributed by atoms with Gasteiger partial charge in [0.05, 0.1) is 0 Å². The number of anilines is 1. The molecule has 0 aliphatic carbocycles. The molecule has 3 nitrogen and oxygen atoms in total. The molecule has 2 aromatic rings. The van der Waals surface area contributed by atoms with E-state index in [-0.39, 0.29) is 0 Å². The molecule has 0 bridgehead atoms. The molecule has 1 heterocycles. The molecule has 0 saturated heterocycles. The Kier molecular flexibility index (Phi) is 4.78. The molecule has 0 amide bonds. The van der Waals surface area contributed by atoms with Gasteiger partial charge in [0, 0.05) is 18.8 Å². The van der Waals surface area contributed by atoms with Gasteiger partial charge in [0.25, 0.3) is 0 Å². The highest BCUT2D eigenvalue weighted by atomic mass is 16.5. The second-order valence-electron chi connectivity index (χ2n) is 4.40. The summed E-state index contributed by atoms with van der Waals surface area (Å²) in [5, 5.41) is 3.17. The number of hydrogen-bond donors (Lipinski definition) is 1. The molecular weight excluding hydrogens is 236 g/mol. The van der Waals surface area contributed by atoms with E-state index < -0.39 is 0 Å². The molecule has 0 atom stereocenters. The Morgan fingerprint density at radius 1 is 1.05 bits per heavy atom. The number of benzene rings is 1. The van der Waals surface area contributed by atoms with Gasteiger partial charge >= 0.3 is 0 Å². The minimum Gasteiger partial charge on any atom is -0.457 e. The van der Waals surface area contributed by atoms with E-state index >= 15 is 0 Å². The second kappa shape index (κ2) is 6.78. The van der Waals surface area contributed by atoms with Crippen LogP contribution in [0.25, 0.3) is 0 Å². The quantitative estimate of drug-likeness (QED) is 0.838. The van der Waals surface area contributed by atoms with E-state index in [2.05, 4.69) is 29.4 Å². The van der Waals surface area contributed by atoms with E-state index in [1.165, 1.54) is 5.56 Å². The molecule has 0 aliphatic heterocycles. The first-order valence-corrected chi connectivity index (χ1v) is 6.78. The molecule has 0 fully saturated rings. The summed E-state index contributed by atoms with van der Waals surface area (Å²) < 4.78 is 5.82. The number of ether oxygens (including phenoxy) is 1. The highest BCUT2D eigenvalue weighted by molar-refractivity contribution is 5.42. The van der Waals surface area contributed by atoms with Gasteiger partial charge in [-0.05, 0) is 37.1 Å². The Balaban J connectivity index is 2.05. The zero-order chi connectivity index (χ0) is 13.5. The van der Waals surface area contributed by atoms with Crippen LogP contribution in [0.2, 0.25) is 0 Å². The van der Waals surface area contributed by atoms with Gasteiger partial charge in [0.1, 0.15) is 17.3 Å². The first-order chi connectivity index (χ1) is 9.31. The van der Waals surface area contributed by atoms with Gasteiger partial charge in [-0.2, -0.15) is 0 Å². The third-order valence-corrected chi connectivity index (χ3v) is 2.79. The molecule has 2 rings (SSSR count). The fourth-order valence-electron chi connectivity index (χ4n) is 1.90. The molecule has 1 N–H and O–H groups in total. The lowest BCUT2D eigenvalue weighted by atomic mass is 10.1. The summed E-state index contributed by atoms with van der Waals surface area (Å²) in [6.45, 7) is 5.08. The average molecular weight is 256 g/mol. The molecule has 0 aliphatic rings. The molecular formula is C16H20N2O. The van der Waals surface area contributed by atoms with Gasteiger partial charge in [-0.15, -0.1) is 0 Å². The minimum absolute atomic E-state index is 0.800. The molecule has 0 saturated carbocycles. The third-order valence-electron chi connectivity index (χ3n) is 2.79. The van der Waals surface area contributed by atoms with Gasteiger partial charge in [-0.1, -0.05) is 25.5 Å². The lowest BCUT2D eigenvalue weighted by molar-refractivity contribution is 0.482. The standard InChI is InChI=1S/C16H20N2O/c1-3-5-13-6-8-14(9-7-13)19-15-10-11-18-16(12-15)17-4-2/h6-12H,3-5H2,1-2H3,(H,17,18). The fourth-order valence-corrected chi connectivity index (χ4v) is 1.90. The van der Waals surface area contributed by atoms with Crippen LogP contribution in [-0.4, -0.2) is 11.5 Å². The lowest BCUT2D eigenvalue weighted by Gasteiger charge is -2.08. The second-order valence-corrected chi connectivity index (χ2v) is 4.40. The highest BCUT2D eigenvalue weighted by Crippen LogP contribution is 2.23. The van der Waals surface area contributed by atoms with Crippen molar-refractivity contribution in [2.45, 2.75) is 26.7 Å². The summed E-state index contributed by atoms with van der Waals surface area (Å²) in [5.74, 6) is 2.49. The van der Waals surface area contributed by atoms with E-state index in [9.17, 15) is 0 Å². The summed E-state index contributed by atoms with van der Waals surface area (Å²) in [6.07, 6.45) is 4.02. The van der Waals surface area contributed by atoms with E-state index in [4.69, 9.17) is 4.74 Å². The Hall–Kier alpha value is -2.03. The van der Waals surface area contributed by atoms with Crippen LogP contribution in [0.3, 0.4) is 0 Å². The first kappa shape index (κ1) is 13.4. The SMILES string of the molecule is CCCc1ccc(Oc2ccnc(NCC)c2)cc1. The van der Waals surface area contributed by atoms with Crippen molar-refractivity contribution < 1.29 is 4.74 Å². The maximum Gasteiger partial charge on any atom is 0.132 e. The van der Waals surface area contributed by atoms with Gasteiger partial charge in [0.2, 0.25) is 0 Å². The van der Waals surface area contributed by atoms with Crippen LogP contribution in [0, 0.1) is 0 Å². The molecule has 19 heavy (non-hydrogen) atoms. The molecule has 1 aromatic heterocycles. The van der Waals surface area contributed by atoms with Crippen molar-refractivity contribution >= 4 is 5.82 Å². The highest BCUT2D eigenvalue weighted by Gasteiger charge is 2.00. The van der Waals surface area contributed by atoms with Gasteiger partial charge < -0.3 is 10.1 Å². The fraction of sp³-hybridized carbons (Fsp3) is 0.312. The maximum atomic E-state index is 5.82. The van der Waals surface area contributed by atoms with E-state index in [0.717, 1.165) is 36.7 Å². The number of aryl methyl sites for hydroxylation is 1. The van der Waals surface area contributed by atoms with Crippen molar-refractivity contribution in [3.63, 3.8) is 0 Å². The summed E-state index contributed by atoms with van der Waals surface area (Å²) in [6, 6.07) is 12.0. The Bertz CT molecular complexity index is 508. The van der Waals surface area contributed by atoms with Crippen LogP contribution in [-0.2, 0) is 6.42 Å². The molecule has 0 radical (unpaired) electrons.